The van der Waals surface area contributed by atoms with Crippen molar-refractivity contribution in [3.05, 3.63) is 60.2 Å². The van der Waals surface area contributed by atoms with Crippen molar-refractivity contribution in [1.29, 1.82) is 0 Å². The highest BCUT2D eigenvalue weighted by Crippen LogP contribution is 2.23. The quantitative estimate of drug-likeness (QED) is 0.535. The summed E-state index contributed by atoms with van der Waals surface area (Å²) in [6, 6.07) is 17.5. The lowest BCUT2D eigenvalue weighted by atomic mass is 10.0. The predicted molar refractivity (Wildman–Crippen MR) is 134 cm³/mol. The van der Waals surface area contributed by atoms with Crippen LogP contribution in [0.3, 0.4) is 0 Å². The lowest BCUT2D eigenvalue weighted by Crippen LogP contribution is -2.54. The van der Waals surface area contributed by atoms with Crippen molar-refractivity contribution >= 4 is 11.8 Å². The van der Waals surface area contributed by atoms with Gasteiger partial charge < -0.3 is 14.7 Å². The van der Waals surface area contributed by atoms with Gasteiger partial charge in [0, 0.05) is 50.8 Å². The second-order valence-corrected chi connectivity index (χ2v) is 9.47. The zero-order valence-electron chi connectivity index (χ0n) is 20.6. The second kappa shape index (κ2) is 11.3. The Morgan fingerprint density at radius 1 is 0.971 bits per heavy atom. The standard InChI is InChI=1S/C27H33N5O3/c1-19(2)17-24(28-20(3)33)27(34)32-15-13-31(14-16-32)18-21-9-11-22(12-10-21)25-29-26(35-30-25)23-7-5-4-6-8-23/h4-12,19,24H,13-18H2,1-3H3,(H,28,33)/t24-/m0/s1. The zero-order valence-corrected chi connectivity index (χ0v) is 20.6. The molecule has 0 bridgehead atoms. The van der Waals surface area contributed by atoms with Crippen LogP contribution in [-0.2, 0) is 16.1 Å². The maximum atomic E-state index is 13.0. The molecule has 0 unspecified atom stereocenters. The Balaban J connectivity index is 1.31. The molecule has 1 aliphatic heterocycles. The topological polar surface area (TPSA) is 91.6 Å². The number of nitrogens with one attached hydrogen (secondary N) is 1. The normalized spacial score (nSPS) is 15.3. The van der Waals surface area contributed by atoms with Crippen LogP contribution in [0.2, 0.25) is 0 Å². The fraction of sp³-hybridized carbons (Fsp3) is 0.407. The van der Waals surface area contributed by atoms with Gasteiger partial charge in [0.1, 0.15) is 6.04 Å². The number of hydrogen-bond acceptors (Lipinski definition) is 6. The van der Waals surface area contributed by atoms with Gasteiger partial charge in [0.25, 0.3) is 5.89 Å². The molecule has 1 aliphatic rings. The Hall–Kier alpha value is -3.52. The van der Waals surface area contributed by atoms with E-state index in [2.05, 4.69) is 46.3 Å². The van der Waals surface area contributed by atoms with Crippen LogP contribution < -0.4 is 5.32 Å². The van der Waals surface area contributed by atoms with Crippen LogP contribution in [0.4, 0.5) is 0 Å². The molecule has 0 radical (unpaired) electrons. The highest BCUT2D eigenvalue weighted by molar-refractivity contribution is 5.87. The van der Waals surface area contributed by atoms with Gasteiger partial charge in [-0.3, -0.25) is 14.5 Å². The minimum Gasteiger partial charge on any atom is -0.345 e. The van der Waals surface area contributed by atoms with Crippen LogP contribution >= 0.6 is 0 Å². The van der Waals surface area contributed by atoms with Crippen molar-refractivity contribution in [2.24, 2.45) is 5.92 Å². The SMILES string of the molecule is CC(=O)N[C@@H](CC(C)C)C(=O)N1CCN(Cc2ccc(-c3noc(-c4ccccc4)n3)cc2)CC1. The number of carbonyl (C=O) groups excluding carboxylic acids is 2. The highest BCUT2D eigenvalue weighted by atomic mass is 16.5. The molecular formula is C27H33N5O3. The Bertz CT molecular complexity index is 1120. The van der Waals surface area contributed by atoms with Gasteiger partial charge >= 0.3 is 0 Å². The van der Waals surface area contributed by atoms with Crippen molar-refractivity contribution in [3.63, 3.8) is 0 Å². The van der Waals surface area contributed by atoms with Crippen LogP contribution in [0, 0.1) is 5.92 Å². The average Bonchev–Trinajstić information content (AvgIpc) is 3.35. The van der Waals surface area contributed by atoms with Crippen molar-refractivity contribution < 1.29 is 14.1 Å². The first-order valence-corrected chi connectivity index (χ1v) is 12.2. The molecule has 1 N–H and O–H groups in total. The number of rotatable bonds is 8. The number of benzene rings is 2. The summed E-state index contributed by atoms with van der Waals surface area (Å²) in [5, 5.41) is 6.95. The van der Waals surface area contributed by atoms with Gasteiger partial charge in [-0.15, -0.1) is 0 Å². The summed E-state index contributed by atoms with van der Waals surface area (Å²) in [4.78, 5) is 33.3. The van der Waals surface area contributed by atoms with Crippen LogP contribution in [0.1, 0.15) is 32.8 Å². The van der Waals surface area contributed by atoms with E-state index in [4.69, 9.17) is 4.52 Å². The number of aromatic nitrogens is 2. The Morgan fingerprint density at radius 3 is 2.29 bits per heavy atom. The van der Waals surface area contributed by atoms with Gasteiger partial charge in [-0.25, -0.2) is 0 Å². The van der Waals surface area contributed by atoms with E-state index in [1.54, 1.807) is 0 Å². The summed E-state index contributed by atoms with van der Waals surface area (Å²) in [5.41, 5.74) is 2.99. The lowest BCUT2D eigenvalue weighted by Gasteiger charge is -2.36. The molecule has 8 nitrogen and oxygen atoms in total. The number of piperazine rings is 1. The first kappa shape index (κ1) is 24.6. The first-order chi connectivity index (χ1) is 16.9. The van der Waals surface area contributed by atoms with Crippen LogP contribution in [0.15, 0.2) is 59.1 Å². The number of carbonyl (C=O) groups is 2. The number of amides is 2. The molecule has 0 spiro atoms. The van der Waals surface area contributed by atoms with E-state index in [-0.39, 0.29) is 11.8 Å². The maximum absolute atomic E-state index is 13.0. The van der Waals surface area contributed by atoms with Gasteiger partial charge in [0.05, 0.1) is 0 Å². The molecule has 0 aliphatic carbocycles. The molecule has 1 aromatic heterocycles. The molecule has 2 aromatic carbocycles. The third-order valence-electron chi connectivity index (χ3n) is 6.13. The molecule has 8 heteroatoms. The van der Waals surface area contributed by atoms with Gasteiger partial charge in [-0.05, 0) is 30.0 Å². The van der Waals surface area contributed by atoms with Crippen molar-refractivity contribution in [2.75, 3.05) is 26.2 Å². The summed E-state index contributed by atoms with van der Waals surface area (Å²) in [5.74, 6) is 1.26. The van der Waals surface area contributed by atoms with E-state index in [1.807, 2.05) is 47.4 Å². The number of hydrogen-bond donors (Lipinski definition) is 1. The van der Waals surface area contributed by atoms with E-state index in [1.165, 1.54) is 12.5 Å². The van der Waals surface area contributed by atoms with E-state index in [9.17, 15) is 9.59 Å². The average molecular weight is 476 g/mol. The summed E-state index contributed by atoms with van der Waals surface area (Å²) in [6.07, 6.45) is 0.651. The minimum atomic E-state index is -0.445. The van der Waals surface area contributed by atoms with Crippen molar-refractivity contribution in [1.82, 2.24) is 25.3 Å². The van der Waals surface area contributed by atoms with Crippen LogP contribution in [0.25, 0.3) is 22.8 Å². The van der Waals surface area contributed by atoms with E-state index in [0.29, 0.717) is 37.1 Å². The van der Waals surface area contributed by atoms with Gasteiger partial charge in [0.15, 0.2) is 0 Å². The molecule has 1 saturated heterocycles. The molecule has 3 aromatic rings. The van der Waals surface area contributed by atoms with Gasteiger partial charge in [0.2, 0.25) is 17.6 Å². The summed E-state index contributed by atoms with van der Waals surface area (Å²) in [7, 11) is 0. The third kappa shape index (κ3) is 6.54. The molecule has 4 rings (SSSR count). The van der Waals surface area contributed by atoms with Crippen LogP contribution in [-0.4, -0.2) is 64.0 Å². The third-order valence-corrected chi connectivity index (χ3v) is 6.13. The fourth-order valence-corrected chi connectivity index (χ4v) is 4.34. The molecule has 2 heterocycles. The van der Waals surface area contributed by atoms with Gasteiger partial charge in [-0.1, -0.05) is 61.5 Å². The molecule has 35 heavy (non-hydrogen) atoms. The van der Waals surface area contributed by atoms with Gasteiger partial charge in [-0.2, -0.15) is 4.98 Å². The van der Waals surface area contributed by atoms with Crippen LogP contribution in [0.5, 0.6) is 0 Å². The zero-order chi connectivity index (χ0) is 24.8. The van der Waals surface area contributed by atoms with Crippen molar-refractivity contribution in [2.45, 2.75) is 39.8 Å². The van der Waals surface area contributed by atoms with Crippen molar-refractivity contribution in [3.8, 4) is 22.8 Å². The molecular weight excluding hydrogens is 442 g/mol. The second-order valence-electron chi connectivity index (χ2n) is 9.47. The molecule has 184 valence electrons. The van der Waals surface area contributed by atoms with E-state index < -0.39 is 6.04 Å². The minimum absolute atomic E-state index is 0.0212. The molecule has 1 fully saturated rings. The Labute approximate surface area is 206 Å². The predicted octanol–water partition coefficient (Wildman–Crippen LogP) is 3.60. The van der Waals surface area contributed by atoms with E-state index in [0.717, 1.165) is 30.8 Å². The fourth-order valence-electron chi connectivity index (χ4n) is 4.34. The first-order valence-electron chi connectivity index (χ1n) is 12.2. The maximum Gasteiger partial charge on any atom is 0.258 e. The summed E-state index contributed by atoms with van der Waals surface area (Å²) in [6.45, 7) is 9.32. The monoisotopic (exact) mass is 475 g/mol. The highest BCUT2D eigenvalue weighted by Gasteiger charge is 2.28. The Morgan fingerprint density at radius 2 is 1.66 bits per heavy atom. The molecule has 2 amide bonds. The lowest BCUT2D eigenvalue weighted by molar-refractivity contribution is -0.138. The molecule has 0 saturated carbocycles. The van der Waals surface area contributed by atoms with E-state index >= 15 is 0 Å². The largest absolute Gasteiger partial charge is 0.345 e. The molecule has 1 atom stereocenters. The smallest absolute Gasteiger partial charge is 0.258 e. The Kier molecular flexibility index (Phi) is 7.92. The summed E-state index contributed by atoms with van der Waals surface area (Å²) >= 11 is 0. The number of nitrogens with zero attached hydrogens (tertiary/aromatic N) is 4. The summed E-state index contributed by atoms with van der Waals surface area (Å²) < 4.78 is 5.42.